The molecule has 0 saturated heterocycles. The molecule has 4 heteroatoms. The predicted molar refractivity (Wildman–Crippen MR) is 71.5 cm³/mol. The molecule has 2 heterocycles. The minimum atomic E-state index is -0.379. The average Bonchev–Trinajstić information content (AvgIpc) is 2.45. The van der Waals surface area contributed by atoms with Gasteiger partial charge < -0.3 is 10.1 Å². The second-order valence-electron chi connectivity index (χ2n) is 4.99. The van der Waals surface area contributed by atoms with Crippen molar-refractivity contribution in [1.82, 2.24) is 15.3 Å². The summed E-state index contributed by atoms with van der Waals surface area (Å²) in [5.74, 6) is 0.826. The maximum atomic E-state index is 5.62. The normalized spacial score (nSPS) is 18.2. The number of nitrogens with zero attached hydrogens (tertiary/aromatic N) is 2. The maximum absolute atomic E-state index is 5.62. The van der Waals surface area contributed by atoms with Crippen molar-refractivity contribution in [1.29, 1.82) is 0 Å². The van der Waals surface area contributed by atoms with E-state index in [1.165, 1.54) is 11.3 Å². The number of fused-ring (bicyclic) bond motifs is 1. The third-order valence-electron chi connectivity index (χ3n) is 3.96. The first-order valence-electron chi connectivity index (χ1n) is 6.79. The van der Waals surface area contributed by atoms with Crippen LogP contribution in [0.3, 0.4) is 0 Å². The standard InChI is InChI=1S/C14H23N3O/c1-5-11-10-7-8-15-9-12(10)17-13(16-11)14(3,6-2)18-4/h15H,5-9H2,1-4H3. The van der Waals surface area contributed by atoms with E-state index in [0.717, 1.165) is 43.9 Å². The highest BCUT2D eigenvalue weighted by molar-refractivity contribution is 5.29. The molecule has 18 heavy (non-hydrogen) atoms. The molecule has 0 amide bonds. The summed E-state index contributed by atoms with van der Waals surface area (Å²) in [6.45, 7) is 8.20. The molecule has 0 bridgehead atoms. The van der Waals surface area contributed by atoms with Gasteiger partial charge in [-0.2, -0.15) is 0 Å². The van der Waals surface area contributed by atoms with Crippen LogP contribution in [-0.2, 0) is 29.7 Å². The van der Waals surface area contributed by atoms with Gasteiger partial charge in [-0.3, -0.25) is 0 Å². The van der Waals surface area contributed by atoms with Crippen LogP contribution >= 0.6 is 0 Å². The molecule has 1 aliphatic rings. The first-order valence-corrected chi connectivity index (χ1v) is 6.79. The number of methoxy groups -OCH3 is 1. The number of hydrogen-bond donors (Lipinski definition) is 1. The summed E-state index contributed by atoms with van der Waals surface area (Å²) in [4.78, 5) is 9.49. The van der Waals surface area contributed by atoms with Crippen LogP contribution in [0.4, 0.5) is 0 Å². The number of hydrogen-bond acceptors (Lipinski definition) is 4. The molecule has 4 nitrogen and oxygen atoms in total. The molecule has 1 atom stereocenters. The second-order valence-corrected chi connectivity index (χ2v) is 4.99. The van der Waals surface area contributed by atoms with Crippen molar-refractivity contribution >= 4 is 0 Å². The molecule has 0 radical (unpaired) electrons. The second kappa shape index (κ2) is 5.33. The van der Waals surface area contributed by atoms with Gasteiger partial charge >= 0.3 is 0 Å². The molecule has 2 rings (SSSR count). The van der Waals surface area contributed by atoms with E-state index in [1.54, 1.807) is 7.11 Å². The monoisotopic (exact) mass is 249 g/mol. The zero-order chi connectivity index (χ0) is 13.2. The molecular formula is C14H23N3O. The third kappa shape index (κ3) is 2.27. The first-order chi connectivity index (χ1) is 8.64. The van der Waals surface area contributed by atoms with Gasteiger partial charge in [0.15, 0.2) is 5.82 Å². The van der Waals surface area contributed by atoms with E-state index >= 15 is 0 Å². The highest BCUT2D eigenvalue weighted by Gasteiger charge is 2.29. The lowest BCUT2D eigenvalue weighted by Gasteiger charge is -2.28. The molecule has 0 aliphatic carbocycles. The number of ether oxygens (including phenoxy) is 1. The van der Waals surface area contributed by atoms with Crippen molar-refractivity contribution in [3.63, 3.8) is 0 Å². The molecule has 0 fully saturated rings. The van der Waals surface area contributed by atoms with Crippen LogP contribution in [0, 0.1) is 0 Å². The Morgan fingerprint density at radius 1 is 1.33 bits per heavy atom. The molecular weight excluding hydrogens is 226 g/mol. The van der Waals surface area contributed by atoms with Gasteiger partial charge in [-0.1, -0.05) is 13.8 Å². The molecule has 1 aromatic rings. The van der Waals surface area contributed by atoms with Crippen LogP contribution in [0.2, 0.25) is 0 Å². The lowest BCUT2D eigenvalue weighted by Crippen LogP contribution is -2.32. The van der Waals surface area contributed by atoms with Gasteiger partial charge in [0, 0.05) is 19.3 Å². The molecule has 0 aromatic carbocycles. The minimum Gasteiger partial charge on any atom is -0.371 e. The zero-order valence-electron chi connectivity index (χ0n) is 11.8. The Morgan fingerprint density at radius 2 is 2.11 bits per heavy atom. The van der Waals surface area contributed by atoms with Crippen LogP contribution in [0.1, 0.15) is 50.0 Å². The topological polar surface area (TPSA) is 47.0 Å². The molecule has 1 unspecified atom stereocenters. The Bertz CT molecular complexity index is 410. The fourth-order valence-electron chi connectivity index (χ4n) is 2.36. The highest BCUT2D eigenvalue weighted by atomic mass is 16.5. The van der Waals surface area contributed by atoms with E-state index in [2.05, 4.69) is 26.1 Å². The molecule has 0 spiro atoms. The van der Waals surface area contributed by atoms with Crippen LogP contribution in [0.5, 0.6) is 0 Å². The first kappa shape index (κ1) is 13.4. The Kier molecular flexibility index (Phi) is 3.97. The van der Waals surface area contributed by atoms with E-state index in [4.69, 9.17) is 14.7 Å². The fraction of sp³-hybridized carbons (Fsp3) is 0.714. The summed E-state index contributed by atoms with van der Waals surface area (Å²) in [6.07, 6.45) is 2.87. The maximum Gasteiger partial charge on any atom is 0.160 e. The predicted octanol–water partition coefficient (Wildman–Crippen LogP) is 1.96. The van der Waals surface area contributed by atoms with Gasteiger partial charge in [0.25, 0.3) is 0 Å². The molecule has 0 saturated carbocycles. The summed E-state index contributed by atoms with van der Waals surface area (Å²) in [7, 11) is 1.73. The number of aryl methyl sites for hydroxylation is 1. The fourth-order valence-corrected chi connectivity index (χ4v) is 2.36. The Morgan fingerprint density at radius 3 is 2.72 bits per heavy atom. The van der Waals surface area contributed by atoms with Gasteiger partial charge in [0.2, 0.25) is 0 Å². The zero-order valence-corrected chi connectivity index (χ0v) is 11.8. The van der Waals surface area contributed by atoms with Gasteiger partial charge in [0.1, 0.15) is 5.60 Å². The minimum absolute atomic E-state index is 0.379. The number of nitrogens with one attached hydrogen (secondary N) is 1. The molecule has 1 aromatic heterocycles. The lowest BCUT2D eigenvalue weighted by molar-refractivity contribution is -0.00941. The Labute approximate surface area is 109 Å². The average molecular weight is 249 g/mol. The number of rotatable bonds is 4. The Hall–Kier alpha value is -1.00. The highest BCUT2D eigenvalue weighted by Crippen LogP contribution is 2.27. The van der Waals surface area contributed by atoms with Crippen molar-refractivity contribution in [2.24, 2.45) is 0 Å². The van der Waals surface area contributed by atoms with Crippen molar-refractivity contribution in [3.05, 3.63) is 22.8 Å². The van der Waals surface area contributed by atoms with Gasteiger partial charge in [-0.25, -0.2) is 9.97 Å². The summed E-state index contributed by atoms with van der Waals surface area (Å²) < 4.78 is 5.62. The van der Waals surface area contributed by atoms with E-state index in [0.29, 0.717) is 0 Å². The van der Waals surface area contributed by atoms with Crippen LogP contribution < -0.4 is 5.32 Å². The third-order valence-corrected chi connectivity index (χ3v) is 3.96. The van der Waals surface area contributed by atoms with E-state index in [-0.39, 0.29) is 5.60 Å². The molecule has 1 aliphatic heterocycles. The van der Waals surface area contributed by atoms with Crippen molar-refractivity contribution < 1.29 is 4.74 Å². The van der Waals surface area contributed by atoms with Crippen LogP contribution in [0.15, 0.2) is 0 Å². The van der Waals surface area contributed by atoms with E-state index in [9.17, 15) is 0 Å². The van der Waals surface area contributed by atoms with Crippen molar-refractivity contribution in [2.45, 2.75) is 52.2 Å². The van der Waals surface area contributed by atoms with E-state index < -0.39 is 0 Å². The van der Waals surface area contributed by atoms with Gasteiger partial charge in [0.05, 0.1) is 5.69 Å². The largest absolute Gasteiger partial charge is 0.371 e. The SMILES string of the molecule is CCc1nc(C(C)(CC)OC)nc2c1CCNC2. The van der Waals surface area contributed by atoms with Crippen LogP contribution in [-0.4, -0.2) is 23.6 Å². The summed E-state index contributed by atoms with van der Waals surface area (Å²) in [6, 6.07) is 0. The van der Waals surface area contributed by atoms with Crippen molar-refractivity contribution in [3.8, 4) is 0 Å². The molecule has 1 N–H and O–H groups in total. The number of aromatic nitrogens is 2. The van der Waals surface area contributed by atoms with Crippen LogP contribution in [0.25, 0.3) is 0 Å². The van der Waals surface area contributed by atoms with Crippen molar-refractivity contribution in [2.75, 3.05) is 13.7 Å². The van der Waals surface area contributed by atoms with Gasteiger partial charge in [-0.15, -0.1) is 0 Å². The Balaban J connectivity index is 2.50. The smallest absolute Gasteiger partial charge is 0.160 e. The van der Waals surface area contributed by atoms with Gasteiger partial charge in [-0.05, 0) is 38.3 Å². The quantitative estimate of drug-likeness (QED) is 0.886. The van der Waals surface area contributed by atoms with E-state index in [1.807, 2.05) is 0 Å². The summed E-state index contributed by atoms with van der Waals surface area (Å²) >= 11 is 0. The molecule has 100 valence electrons. The summed E-state index contributed by atoms with van der Waals surface area (Å²) in [5.41, 5.74) is 3.30. The summed E-state index contributed by atoms with van der Waals surface area (Å²) in [5, 5.41) is 3.38. The lowest BCUT2D eigenvalue weighted by atomic mass is 9.98.